The fourth-order valence-corrected chi connectivity index (χ4v) is 8.44. The van der Waals surface area contributed by atoms with Gasteiger partial charge in [-0.3, -0.25) is 4.68 Å². The van der Waals surface area contributed by atoms with Gasteiger partial charge in [0.1, 0.15) is 36.4 Å². The third-order valence-electron chi connectivity index (χ3n) is 11.4. The van der Waals surface area contributed by atoms with Crippen LogP contribution in [-0.2, 0) is 20.8 Å². The summed E-state index contributed by atoms with van der Waals surface area (Å²) in [4.78, 5) is 36.1. The van der Waals surface area contributed by atoms with E-state index in [2.05, 4.69) is 42.1 Å². The first-order valence-corrected chi connectivity index (χ1v) is 20.0. The summed E-state index contributed by atoms with van der Waals surface area (Å²) in [5.74, 6) is -0.831. The van der Waals surface area contributed by atoms with Crippen LogP contribution in [0.5, 0.6) is 5.75 Å². The minimum atomic E-state index is -0.888. The van der Waals surface area contributed by atoms with Gasteiger partial charge < -0.3 is 24.0 Å². The molecule has 14 nitrogen and oxygen atoms in total. The van der Waals surface area contributed by atoms with Crippen LogP contribution < -0.4 is 20.2 Å². The number of isocyanates is 1. The molecule has 0 N–H and O–H groups in total. The van der Waals surface area contributed by atoms with Crippen molar-refractivity contribution in [2.45, 2.75) is 64.3 Å². The molecule has 2 aromatic carbocycles. The average molecular weight is 800 g/mol. The van der Waals surface area contributed by atoms with Crippen LogP contribution in [0.1, 0.15) is 46.1 Å². The molecule has 0 radical (unpaired) electrons. The number of aromatic nitrogens is 6. The van der Waals surface area contributed by atoms with Gasteiger partial charge in [-0.1, -0.05) is 13.8 Å². The summed E-state index contributed by atoms with van der Waals surface area (Å²) >= 11 is 0. The summed E-state index contributed by atoms with van der Waals surface area (Å²) in [6, 6.07) is 15.8. The van der Waals surface area contributed by atoms with Gasteiger partial charge in [0.25, 0.3) is 0 Å². The number of piperazine rings is 1. The van der Waals surface area contributed by atoms with Crippen molar-refractivity contribution < 1.29 is 27.8 Å². The highest BCUT2D eigenvalue weighted by Gasteiger charge is 2.49. The Kier molecular flexibility index (Phi) is 12.9. The molecule has 0 bridgehead atoms. The van der Waals surface area contributed by atoms with Crippen LogP contribution in [0, 0.1) is 17.8 Å². The lowest BCUT2D eigenvalue weighted by atomic mass is 9.78. The van der Waals surface area contributed by atoms with Gasteiger partial charge in [-0.05, 0) is 86.7 Å². The van der Waals surface area contributed by atoms with Crippen molar-refractivity contribution >= 4 is 17.5 Å². The largest absolute Gasteiger partial charge is 0.493 e. The van der Waals surface area contributed by atoms with E-state index >= 15 is 4.39 Å². The molecule has 2 saturated heterocycles. The summed E-state index contributed by atoms with van der Waals surface area (Å²) in [6.45, 7) is 11.3. The SMILES string of the molecule is CC(C)C(C(C)OCCCN=C=O)n1ncn(-c2ccc(N3CCN(c4ccc(OCC5COC(Cn6cncn6)(C6CC=C(F)C=C6F)C5)cc4)CC3)cc2)c1=O. The van der Waals surface area contributed by atoms with E-state index in [4.69, 9.17) is 14.2 Å². The van der Waals surface area contributed by atoms with Crippen molar-refractivity contribution in [3.05, 3.63) is 102 Å². The van der Waals surface area contributed by atoms with Crippen molar-refractivity contribution in [3.8, 4) is 11.4 Å². The number of anilines is 2. The van der Waals surface area contributed by atoms with Gasteiger partial charge in [-0.15, -0.1) is 0 Å². The van der Waals surface area contributed by atoms with Gasteiger partial charge in [0.15, 0.2) is 0 Å². The Morgan fingerprint density at radius 2 is 1.66 bits per heavy atom. The molecular formula is C42H51F2N9O5. The molecule has 1 aliphatic carbocycles. The van der Waals surface area contributed by atoms with Crippen molar-refractivity contribution in [1.29, 1.82) is 0 Å². The number of nitrogens with zero attached hydrogens (tertiary/aromatic N) is 9. The van der Waals surface area contributed by atoms with E-state index in [-0.39, 0.29) is 36.1 Å². The molecule has 0 saturated carbocycles. The number of rotatable bonds is 17. The lowest BCUT2D eigenvalue weighted by Crippen LogP contribution is -2.46. The lowest BCUT2D eigenvalue weighted by Gasteiger charge is -2.37. The Morgan fingerprint density at radius 1 is 0.966 bits per heavy atom. The second kappa shape index (κ2) is 18.4. The van der Waals surface area contributed by atoms with Gasteiger partial charge >= 0.3 is 5.69 Å². The molecule has 16 heteroatoms. The topological polar surface area (TPSA) is 134 Å². The van der Waals surface area contributed by atoms with Crippen LogP contribution in [0.4, 0.5) is 20.2 Å². The number of allylic oxidation sites excluding steroid dienone is 3. The maximum absolute atomic E-state index is 15.1. The molecular weight excluding hydrogens is 749 g/mol. The predicted molar refractivity (Wildman–Crippen MR) is 214 cm³/mol. The Balaban J connectivity index is 0.900. The standard InChI is InChI=1S/C42H51F2N9O5/c1-30(2)40(31(3)56-20-4-15-45-29-54)53-41(55)52(28-48-53)36-8-6-34(7-9-36)49-16-18-50(19-17-49)35-10-12-37(13-11-35)57-23-32-22-42(58-24-32,25-51-27-46-26-47-51)38-14-5-33(43)21-39(38)44/h5-13,21,26-28,30-32,38,40H,4,14-20,22-25H2,1-3H3. The molecule has 5 unspecified atom stereocenters. The Labute approximate surface area is 336 Å². The van der Waals surface area contributed by atoms with Crippen molar-refractivity contribution in [3.63, 3.8) is 0 Å². The predicted octanol–water partition coefficient (Wildman–Crippen LogP) is 5.86. The van der Waals surface area contributed by atoms with E-state index in [1.54, 1.807) is 21.9 Å². The molecule has 2 fully saturated rings. The molecule has 2 aromatic heterocycles. The number of carbonyl (C=O) groups excluding carboxylic acids is 1. The fraction of sp³-hybridized carbons (Fsp3) is 0.500. The van der Waals surface area contributed by atoms with Crippen molar-refractivity contribution in [2.24, 2.45) is 22.7 Å². The fourth-order valence-electron chi connectivity index (χ4n) is 8.44. The average Bonchev–Trinajstić information content (AvgIpc) is 3.99. The highest BCUT2D eigenvalue weighted by molar-refractivity contribution is 5.54. The molecule has 4 aromatic rings. The summed E-state index contributed by atoms with van der Waals surface area (Å²) in [5.41, 5.74) is 1.81. The third-order valence-corrected chi connectivity index (χ3v) is 11.4. The number of halogens is 2. The maximum atomic E-state index is 15.1. The number of aliphatic imine (C=N–C) groups is 1. The van der Waals surface area contributed by atoms with Crippen LogP contribution in [-0.4, -0.2) is 99.4 Å². The first kappa shape index (κ1) is 40.7. The number of hydrogen-bond donors (Lipinski definition) is 0. The Bertz CT molecular complexity index is 2120. The molecule has 3 aliphatic rings. The van der Waals surface area contributed by atoms with Crippen LogP contribution in [0.25, 0.3) is 5.69 Å². The van der Waals surface area contributed by atoms with Crippen LogP contribution >= 0.6 is 0 Å². The molecule has 0 amide bonds. The van der Waals surface area contributed by atoms with E-state index in [0.29, 0.717) is 45.8 Å². The zero-order valence-corrected chi connectivity index (χ0v) is 33.2. The molecule has 58 heavy (non-hydrogen) atoms. The van der Waals surface area contributed by atoms with Gasteiger partial charge in [0.2, 0.25) is 6.08 Å². The highest BCUT2D eigenvalue weighted by Crippen LogP contribution is 2.45. The summed E-state index contributed by atoms with van der Waals surface area (Å²) in [7, 11) is 0. The van der Waals surface area contributed by atoms with Crippen molar-refractivity contribution in [1.82, 2.24) is 29.1 Å². The van der Waals surface area contributed by atoms with E-state index in [9.17, 15) is 14.0 Å². The summed E-state index contributed by atoms with van der Waals surface area (Å²) in [5, 5.41) is 8.69. The molecule has 7 rings (SSSR count). The third kappa shape index (κ3) is 9.30. The molecule has 308 valence electrons. The lowest BCUT2D eigenvalue weighted by molar-refractivity contribution is -0.0538. The van der Waals surface area contributed by atoms with Gasteiger partial charge in [0.05, 0.1) is 49.7 Å². The quantitative estimate of drug-likeness (QED) is 0.0727. The van der Waals surface area contributed by atoms with E-state index in [1.165, 1.54) is 23.2 Å². The number of benzene rings is 2. The second-order valence-corrected chi connectivity index (χ2v) is 15.6. The van der Waals surface area contributed by atoms with E-state index < -0.39 is 23.2 Å². The first-order valence-electron chi connectivity index (χ1n) is 20.0. The van der Waals surface area contributed by atoms with E-state index in [0.717, 1.165) is 55.1 Å². The molecule has 0 spiro atoms. The van der Waals surface area contributed by atoms with Gasteiger partial charge in [-0.2, -0.15) is 10.2 Å². The van der Waals surface area contributed by atoms with Crippen LogP contribution in [0.15, 0.2) is 101 Å². The van der Waals surface area contributed by atoms with E-state index in [1.807, 2.05) is 57.2 Å². The normalized spacial score (nSPS) is 22.0. The minimum Gasteiger partial charge on any atom is -0.493 e. The minimum absolute atomic E-state index is 0.0202. The monoisotopic (exact) mass is 799 g/mol. The highest BCUT2D eigenvalue weighted by atomic mass is 19.1. The second-order valence-electron chi connectivity index (χ2n) is 15.6. The first-order chi connectivity index (χ1) is 28.1. The van der Waals surface area contributed by atoms with Gasteiger partial charge in [-0.25, -0.2) is 37.6 Å². The van der Waals surface area contributed by atoms with Gasteiger partial charge in [0, 0.05) is 62.1 Å². The molecule has 4 heterocycles. The Hall–Kier alpha value is -5.44. The number of ether oxygens (including phenoxy) is 3. The zero-order chi connectivity index (χ0) is 40.6. The maximum Gasteiger partial charge on any atom is 0.350 e. The molecule has 2 aliphatic heterocycles. The summed E-state index contributed by atoms with van der Waals surface area (Å²) < 4.78 is 52.1. The zero-order valence-electron chi connectivity index (χ0n) is 33.2. The number of hydrogen-bond acceptors (Lipinski definition) is 11. The van der Waals surface area contributed by atoms with Crippen molar-refractivity contribution in [2.75, 3.05) is 62.3 Å². The summed E-state index contributed by atoms with van der Waals surface area (Å²) in [6.07, 6.45) is 9.57. The van der Waals surface area contributed by atoms with Crippen LogP contribution in [0.2, 0.25) is 0 Å². The molecule has 5 atom stereocenters. The Morgan fingerprint density at radius 3 is 2.29 bits per heavy atom. The van der Waals surface area contributed by atoms with Crippen LogP contribution in [0.3, 0.4) is 0 Å². The smallest absolute Gasteiger partial charge is 0.350 e.